The van der Waals surface area contributed by atoms with Crippen molar-refractivity contribution in [2.45, 2.75) is 56.4 Å². The quantitative estimate of drug-likeness (QED) is 0.338. The number of anilines is 2. The van der Waals surface area contributed by atoms with Crippen LogP contribution in [0.4, 0.5) is 20.3 Å². The third-order valence-corrected chi connectivity index (χ3v) is 8.56. The van der Waals surface area contributed by atoms with Crippen molar-refractivity contribution in [1.82, 2.24) is 14.8 Å². The number of nitrogens with one attached hydrogen (secondary N) is 1. The van der Waals surface area contributed by atoms with Gasteiger partial charge in [0.1, 0.15) is 5.82 Å². The molecule has 4 rings (SSSR count). The maximum atomic E-state index is 14.2. The molecule has 0 saturated carbocycles. The summed E-state index contributed by atoms with van der Waals surface area (Å²) in [4.78, 5) is 41.1. The van der Waals surface area contributed by atoms with E-state index in [0.29, 0.717) is 29.2 Å². The number of aromatic nitrogens is 3. The summed E-state index contributed by atoms with van der Waals surface area (Å²) >= 11 is 0. The van der Waals surface area contributed by atoms with Gasteiger partial charge in [0.25, 0.3) is 18.3 Å². The first kappa shape index (κ1) is 34.3. The van der Waals surface area contributed by atoms with E-state index in [1.54, 1.807) is 60.3 Å². The predicted molar refractivity (Wildman–Crippen MR) is 163 cm³/mol. The van der Waals surface area contributed by atoms with Gasteiger partial charge in [-0.1, -0.05) is 6.07 Å². The molecule has 44 heavy (non-hydrogen) atoms. The van der Waals surface area contributed by atoms with Crippen molar-refractivity contribution < 1.29 is 32.5 Å². The molecule has 1 aliphatic heterocycles. The van der Waals surface area contributed by atoms with Crippen LogP contribution < -0.4 is 16.0 Å². The van der Waals surface area contributed by atoms with E-state index in [4.69, 9.17) is 15.6 Å². The summed E-state index contributed by atoms with van der Waals surface area (Å²) in [6, 6.07) is 6.25. The third-order valence-electron chi connectivity index (χ3n) is 6.92. The van der Waals surface area contributed by atoms with Crippen LogP contribution in [0.3, 0.4) is 0 Å². The number of carbonyl (C=O) groups is 3. The average molecular weight is 634 g/mol. The fourth-order valence-corrected chi connectivity index (χ4v) is 5.89. The molecule has 238 valence electrons. The highest BCUT2D eigenvalue weighted by Crippen LogP contribution is 2.34. The lowest BCUT2D eigenvalue weighted by Gasteiger charge is -2.26. The number of nitrogens with two attached hydrogens (primary N) is 1. The van der Waals surface area contributed by atoms with Crippen LogP contribution >= 0.6 is 0 Å². The van der Waals surface area contributed by atoms with Crippen molar-refractivity contribution >= 4 is 39.5 Å². The Hall–Kier alpha value is -4.24. The second-order valence-corrected chi connectivity index (χ2v) is 13.4. The molecule has 1 saturated heterocycles. The van der Waals surface area contributed by atoms with E-state index < -0.39 is 33.0 Å². The van der Waals surface area contributed by atoms with Gasteiger partial charge in [0.2, 0.25) is 5.92 Å². The molecule has 2 aromatic heterocycles. The van der Waals surface area contributed by atoms with Gasteiger partial charge in [-0.2, -0.15) is 9.46 Å². The largest absolute Gasteiger partial charge is 0.483 e. The highest BCUT2D eigenvalue weighted by Gasteiger charge is 2.34. The number of pyridine rings is 1. The van der Waals surface area contributed by atoms with Crippen LogP contribution in [0.2, 0.25) is 0 Å². The van der Waals surface area contributed by atoms with Gasteiger partial charge in [0.05, 0.1) is 27.0 Å². The molecule has 0 bridgehead atoms. The highest BCUT2D eigenvalue weighted by atomic mass is 32.2. The zero-order chi connectivity index (χ0) is 32.9. The van der Waals surface area contributed by atoms with Crippen molar-refractivity contribution in [3.63, 3.8) is 0 Å². The SMILES string of the molecule is Cc1c(-c2cnn(C)c2)cnc(N2CCCC(F)(F)CC2)c1C(=O)Nc1cccc([S@@](C)(=O)=NC(=O)C(C)(C)N)c1.O=CO. The number of halogens is 2. The molecule has 1 aliphatic rings. The molecule has 3 aromatic rings. The molecule has 0 unspecified atom stereocenters. The summed E-state index contributed by atoms with van der Waals surface area (Å²) < 4.78 is 47.1. The minimum atomic E-state index is -3.16. The van der Waals surface area contributed by atoms with Gasteiger partial charge in [0.15, 0.2) is 0 Å². The number of hydrogen-bond donors (Lipinski definition) is 3. The van der Waals surface area contributed by atoms with E-state index in [1.165, 1.54) is 26.2 Å². The number of alkyl halides is 2. The van der Waals surface area contributed by atoms with Gasteiger partial charge in [-0.05, 0) is 51.0 Å². The second kappa shape index (κ2) is 13.6. The second-order valence-electron chi connectivity index (χ2n) is 11.1. The lowest BCUT2D eigenvalue weighted by Crippen LogP contribution is -2.40. The first-order valence-corrected chi connectivity index (χ1v) is 15.6. The van der Waals surface area contributed by atoms with Crippen LogP contribution in [0.25, 0.3) is 11.1 Å². The first-order chi connectivity index (χ1) is 20.5. The molecule has 0 spiro atoms. The summed E-state index contributed by atoms with van der Waals surface area (Å²) in [7, 11) is -1.38. The average Bonchev–Trinajstić information content (AvgIpc) is 3.27. The Morgan fingerprint density at radius 2 is 1.91 bits per heavy atom. The zero-order valence-corrected chi connectivity index (χ0v) is 26.0. The van der Waals surface area contributed by atoms with Crippen LogP contribution in [0.15, 0.2) is 52.1 Å². The Kier molecular flexibility index (Phi) is 10.6. The maximum absolute atomic E-state index is 14.2. The first-order valence-electron chi connectivity index (χ1n) is 13.6. The van der Waals surface area contributed by atoms with E-state index in [9.17, 15) is 22.6 Å². The van der Waals surface area contributed by atoms with E-state index in [1.807, 2.05) is 0 Å². The van der Waals surface area contributed by atoms with Gasteiger partial charge < -0.3 is 21.1 Å². The molecule has 4 N–H and O–H groups in total. The number of carbonyl (C=O) groups excluding carboxylic acids is 2. The van der Waals surface area contributed by atoms with Gasteiger partial charge in [-0.25, -0.2) is 18.0 Å². The molecule has 12 nitrogen and oxygen atoms in total. The molecule has 0 aliphatic carbocycles. The van der Waals surface area contributed by atoms with E-state index >= 15 is 0 Å². The van der Waals surface area contributed by atoms with E-state index in [0.717, 1.165) is 5.56 Å². The third kappa shape index (κ3) is 8.44. The van der Waals surface area contributed by atoms with Crippen LogP contribution in [0, 0.1) is 6.92 Å². The number of benzene rings is 1. The summed E-state index contributed by atoms with van der Waals surface area (Å²) in [5, 5.41) is 13.9. The summed E-state index contributed by atoms with van der Waals surface area (Å²) in [6.45, 7) is 4.86. The van der Waals surface area contributed by atoms with Crippen molar-refractivity contribution in [3.8, 4) is 11.1 Å². The molecular formula is C29H37F2N7O5S. The lowest BCUT2D eigenvalue weighted by molar-refractivity contribution is -0.123. The molecule has 2 amide bonds. The molecule has 1 atom stereocenters. The number of rotatable bonds is 6. The van der Waals surface area contributed by atoms with Gasteiger partial charge in [-0.3, -0.25) is 19.1 Å². The van der Waals surface area contributed by atoms with Crippen LogP contribution in [0.1, 0.15) is 49.0 Å². The molecule has 1 fully saturated rings. The monoisotopic (exact) mass is 633 g/mol. The number of aryl methyl sites for hydroxylation is 1. The van der Waals surface area contributed by atoms with Gasteiger partial charge >= 0.3 is 0 Å². The van der Waals surface area contributed by atoms with Crippen molar-refractivity contribution in [1.29, 1.82) is 0 Å². The van der Waals surface area contributed by atoms with Crippen molar-refractivity contribution in [2.75, 3.05) is 29.6 Å². The molecule has 15 heteroatoms. The minimum absolute atomic E-state index is 0.0480. The summed E-state index contributed by atoms with van der Waals surface area (Å²) in [5.41, 5.74) is 7.12. The number of nitrogens with zero attached hydrogens (tertiary/aromatic N) is 5. The predicted octanol–water partition coefficient (Wildman–Crippen LogP) is 4.09. The standard InChI is InChI=1S/C28H35F2N7O3S.CH2O2/c1-18-22(19-15-33-36(4)17-19)16-32-24(37-12-7-10-28(29,30)11-13-37)23(18)25(38)34-20-8-6-9-21(14-20)41(5,40)35-26(39)27(2,3)31;2-1-3/h6,8-9,14-17H,7,10-13,31H2,1-5H3,(H,34,38);1H,(H,2,3)/t41-;/m1./s1. The highest BCUT2D eigenvalue weighted by molar-refractivity contribution is 7.93. The van der Waals surface area contributed by atoms with Crippen molar-refractivity contribution in [2.24, 2.45) is 17.1 Å². The number of amides is 2. The Labute approximate surface area is 254 Å². The van der Waals surface area contributed by atoms with Crippen LogP contribution in [-0.4, -0.2) is 73.2 Å². The fraction of sp³-hybridized carbons (Fsp3) is 0.414. The Morgan fingerprint density at radius 3 is 2.52 bits per heavy atom. The lowest BCUT2D eigenvalue weighted by atomic mass is 9.99. The minimum Gasteiger partial charge on any atom is -0.483 e. The topological polar surface area (TPSA) is 173 Å². The number of carboxylic acid groups (broad SMARTS) is 1. The molecular weight excluding hydrogens is 596 g/mol. The van der Waals surface area contributed by atoms with Gasteiger partial charge in [0, 0.05) is 73.3 Å². The van der Waals surface area contributed by atoms with E-state index in [-0.39, 0.29) is 42.7 Å². The van der Waals surface area contributed by atoms with Crippen molar-refractivity contribution in [3.05, 3.63) is 54.0 Å². The molecule has 1 aromatic carbocycles. The Bertz CT molecular complexity index is 1660. The van der Waals surface area contributed by atoms with Gasteiger partial charge in [-0.15, -0.1) is 0 Å². The molecule has 3 heterocycles. The normalized spacial score (nSPS) is 16.0. The maximum Gasteiger partial charge on any atom is 0.290 e. The van der Waals surface area contributed by atoms with E-state index in [2.05, 4.69) is 19.8 Å². The van der Waals surface area contributed by atoms with Crippen LogP contribution in [0.5, 0.6) is 0 Å². The molecule has 0 radical (unpaired) electrons. The summed E-state index contributed by atoms with van der Waals surface area (Å²) in [6.07, 6.45) is 6.11. The Balaban J connectivity index is 0.00000169. The Morgan fingerprint density at radius 1 is 1.23 bits per heavy atom. The smallest absolute Gasteiger partial charge is 0.290 e. The number of hydrogen-bond acceptors (Lipinski definition) is 8. The van der Waals surface area contributed by atoms with Crippen LogP contribution in [-0.2, 0) is 26.4 Å². The summed E-state index contributed by atoms with van der Waals surface area (Å²) in [5.74, 6) is -3.68. The fourth-order valence-electron chi connectivity index (χ4n) is 4.56. The zero-order valence-electron chi connectivity index (χ0n) is 25.2.